The number of anilines is 1. The second-order valence-corrected chi connectivity index (χ2v) is 5.98. The zero-order valence-corrected chi connectivity index (χ0v) is 13.4. The number of benzene rings is 2. The summed E-state index contributed by atoms with van der Waals surface area (Å²) in [5.74, 6) is 0.432. The number of nitrogens with one attached hydrogen (secondary N) is 1. The Hall–Kier alpha value is -2.95. The van der Waals surface area contributed by atoms with E-state index in [1.165, 1.54) is 18.9 Å². The summed E-state index contributed by atoms with van der Waals surface area (Å²) in [4.78, 5) is 22.9. The second kappa shape index (κ2) is 6.66. The van der Waals surface area contributed by atoms with Gasteiger partial charge in [0.15, 0.2) is 0 Å². The molecular formula is C19H18N2O3. The van der Waals surface area contributed by atoms with E-state index in [-0.39, 0.29) is 11.6 Å². The highest BCUT2D eigenvalue weighted by Crippen LogP contribution is 2.31. The molecular weight excluding hydrogens is 304 g/mol. The summed E-state index contributed by atoms with van der Waals surface area (Å²) in [5.41, 5.74) is 2.47. The Labute approximate surface area is 140 Å². The van der Waals surface area contributed by atoms with Crippen LogP contribution in [0.25, 0.3) is 6.08 Å². The monoisotopic (exact) mass is 322 g/mol. The minimum atomic E-state index is -0.452. The number of hydrogen-bond acceptors (Lipinski definition) is 3. The van der Waals surface area contributed by atoms with Gasteiger partial charge in [-0.25, -0.2) is 0 Å². The molecule has 1 saturated carbocycles. The van der Waals surface area contributed by atoms with Crippen molar-refractivity contribution in [2.24, 2.45) is 5.92 Å². The van der Waals surface area contributed by atoms with E-state index in [1.54, 1.807) is 31.2 Å². The third-order valence-corrected chi connectivity index (χ3v) is 4.11. The quantitative estimate of drug-likeness (QED) is 0.647. The zero-order valence-electron chi connectivity index (χ0n) is 13.4. The molecule has 1 aliphatic carbocycles. The summed E-state index contributed by atoms with van der Waals surface area (Å²) < 4.78 is 0. The van der Waals surface area contributed by atoms with Crippen molar-refractivity contribution in [1.82, 2.24) is 0 Å². The molecule has 0 atom stereocenters. The van der Waals surface area contributed by atoms with Gasteiger partial charge in [-0.05, 0) is 49.4 Å². The maximum atomic E-state index is 12.3. The van der Waals surface area contributed by atoms with Crippen LogP contribution in [0.2, 0.25) is 0 Å². The SMILES string of the molecule is Cc1c(NC(=O)c2ccc(C=CC3CC3)cc2)cccc1[N+](=O)[O-]. The van der Waals surface area contributed by atoms with Crippen LogP contribution in [0, 0.1) is 23.0 Å². The van der Waals surface area contributed by atoms with Crippen LogP contribution in [0.15, 0.2) is 48.5 Å². The van der Waals surface area contributed by atoms with Crippen molar-refractivity contribution in [2.45, 2.75) is 19.8 Å². The summed E-state index contributed by atoms with van der Waals surface area (Å²) in [5, 5.41) is 13.7. The number of carbonyl (C=O) groups excluding carboxylic acids is 1. The largest absolute Gasteiger partial charge is 0.321 e. The maximum Gasteiger partial charge on any atom is 0.274 e. The Morgan fingerprint density at radius 1 is 1.21 bits per heavy atom. The van der Waals surface area contributed by atoms with Crippen LogP contribution in [0.4, 0.5) is 11.4 Å². The van der Waals surface area contributed by atoms with Crippen LogP contribution in [-0.4, -0.2) is 10.8 Å². The van der Waals surface area contributed by atoms with Gasteiger partial charge in [0.1, 0.15) is 0 Å². The van der Waals surface area contributed by atoms with Gasteiger partial charge in [-0.15, -0.1) is 0 Å². The van der Waals surface area contributed by atoms with E-state index in [4.69, 9.17) is 0 Å². The van der Waals surface area contributed by atoms with Gasteiger partial charge in [0.25, 0.3) is 11.6 Å². The van der Waals surface area contributed by atoms with E-state index in [0.717, 1.165) is 5.56 Å². The van der Waals surface area contributed by atoms with Gasteiger partial charge in [-0.3, -0.25) is 14.9 Å². The van der Waals surface area contributed by atoms with Gasteiger partial charge in [0, 0.05) is 11.6 Å². The molecule has 1 fully saturated rings. The molecule has 0 saturated heterocycles. The molecule has 24 heavy (non-hydrogen) atoms. The predicted octanol–water partition coefficient (Wildman–Crippen LogP) is 4.58. The molecule has 5 nitrogen and oxygen atoms in total. The number of amides is 1. The Bertz CT molecular complexity index is 806. The van der Waals surface area contributed by atoms with Crippen molar-refractivity contribution in [2.75, 3.05) is 5.32 Å². The lowest BCUT2D eigenvalue weighted by molar-refractivity contribution is -0.385. The first-order valence-corrected chi connectivity index (χ1v) is 7.88. The van der Waals surface area contributed by atoms with Crippen molar-refractivity contribution in [3.05, 3.63) is 75.3 Å². The lowest BCUT2D eigenvalue weighted by Crippen LogP contribution is -2.13. The number of nitro groups is 1. The standard InChI is InChI=1S/C19H18N2O3/c1-13-17(3-2-4-18(13)21(23)24)20-19(22)16-11-9-15(10-12-16)8-7-14-5-6-14/h2-4,7-12,14H,5-6H2,1H3,(H,20,22). The van der Waals surface area contributed by atoms with Crippen molar-refractivity contribution >= 4 is 23.4 Å². The summed E-state index contributed by atoms with van der Waals surface area (Å²) in [7, 11) is 0. The number of hydrogen-bond donors (Lipinski definition) is 1. The highest BCUT2D eigenvalue weighted by Gasteiger charge is 2.17. The molecule has 0 heterocycles. The molecule has 2 aromatic carbocycles. The summed E-state index contributed by atoms with van der Waals surface area (Å²) >= 11 is 0. The number of nitrogens with zero attached hydrogens (tertiary/aromatic N) is 1. The lowest BCUT2D eigenvalue weighted by Gasteiger charge is -2.08. The highest BCUT2D eigenvalue weighted by molar-refractivity contribution is 6.05. The van der Waals surface area contributed by atoms with E-state index >= 15 is 0 Å². The van der Waals surface area contributed by atoms with Crippen LogP contribution in [0.1, 0.15) is 34.3 Å². The number of nitro benzene ring substituents is 1. The summed E-state index contributed by atoms with van der Waals surface area (Å²) in [6.45, 7) is 1.62. The Kier molecular flexibility index (Phi) is 4.42. The van der Waals surface area contributed by atoms with Crippen LogP contribution in [0.3, 0.4) is 0 Å². The average molecular weight is 322 g/mol. The van der Waals surface area contributed by atoms with E-state index < -0.39 is 4.92 Å². The smallest absolute Gasteiger partial charge is 0.274 e. The molecule has 2 aromatic rings. The Balaban J connectivity index is 1.72. The van der Waals surface area contributed by atoms with Gasteiger partial charge in [-0.2, -0.15) is 0 Å². The van der Waals surface area contributed by atoms with Gasteiger partial charge in [0.2, 0.25) is 0 Å². The molecule has 5 heteroatoms. The molecule has 0 bridgehead atoms. The normalized spacial score (nSPS) is 13.9. The van der Waals surface area contributed by atoms with Gasteiger partial charge < -0.3 is 5.32 Å². The lowest BCUT2D eigenvalue weighted by atomic mass is 10.1. The average Bonchev–Trinajstić information content (AvgIpc) is 3.39. The predicted molar refractivity (Wildman–Crippen MR) is 94.0 cm³/mol. The van der Waals surface area contributed by atoms with Gasteiger partial charge in [0.05, 0.1) is 16.2 Å². The molecule has 3 rings (SSSR count). The fraction of sp³-hybridized carbons (Fsp3) is 0.211. The molecule has 0 spiro atoms. The first-order valence-electron chi connectivity index (χ1n) is 7.88. The topological polar surface area (TPSA) is 72.2 Å². The third-order valence-electron chi connectivity index (χ3n) is 4.11. The van der Waals surface area contributed by atoms with Crippen LogP contribution >= 0.6 is 0 Å². The zero-order chi connectivity index (χ0) is 17.1. The van der Waals surface area contributed by atoms with E-state index in [2.05, 4.69) is 17.5 Å². The fourth-order valence-electron chi connectivity index (χ4n) is 2.43. The third kappa shape index (κ3) is 3.68. The van der Waals surface area contributed by atoms with Crippen molar-refractivity contribution in [3.8, 4) is 0 Å². The highest BCUT2D eigenvalue weighted by atomic mass is 16.6. The van der Waals surface area contributed by atoms with Crippen LogP contribution in [0.5, 0.6) is 0 Å². The molecule has 122 valence electrons. The van der Waals surface area contributed by atoms with Gasteiger partial charge in [-0.1, -0.05) is 30.4 Å². The molecule has 0 aliphatic heterocycles. The van der Waals surface area contributed by atoms with Crippen LogP contribution < -0.4 is 5.32 Å². The summed E-state index contributed by atoms with van der Waals surface area (Å²) in [6, 6.07) is 12.0. The van der Waals surface area contributed by atoms with Crippen molar-refractivity contribution < 1.29 is 9.72 Å². The first kappa shape index (κ1) is 15.9. The van der Waals surface area contributed by atoms with Crippen molar-refractivity contribution in [1.29, 1.82) is 0 Å². The summed E-state index contributed by atoms with van der Waals surface area (Å²) in [6.07, 6.45) is 6.80. The van der Waals surface area contributed by atoms with E-state index in [0.29, 0.717) is 22.7 Å². The number of allylic oxidation sites excluding steroid dienone is 1. The molecule has 0 radical (unpaired) electrons. The fourth-order valence-corrected chi connectivity index (χ4v) is 2.43. The van der Waals surface area contributed by atoms with Crippen LogP contribution in [-0.2, 0) is 0 Å². The molecule has 0 aromatic heterocycles. The molecule has 1 N–H and O–H groups in total. The number of carbonyl (C=O) groups is 1. The Morgan fingerprint density at radius 3 is 2.54 bits per heavy atom. The first-order chi connectivity index (χ1) is 11.5. The maximum absolute atomic E-state index is 12.3. The molecule has 1 amide bonds. The Morgan fingerprint density at radius 2 is 1.92 bits per heavy atom. The number of rotatable bonds is 5. The van der Waals surface area contributed by atoms with E-state index in [1.807, 2.05) is 12.1 Å². The minimum Gasteiger partial charge on any atom is -0.321 e. The minimum absolute atomic E-state index is 0.00615. The molecule has 0 unspecified atom stereocenters. The van der Waals surface area contributed by atoms with Gasteiger partial charge >= 0.3 is 0 Å². The second-order valence-electron chi connectivity index (χ2n) is 5.98. The van der Waals surface area contributed by atoms with E-state index in [9.17, 15) is 14.9 Å². The van der Waals surface area contributed by atoms with Crippen molar-refractivity contribution in [3.63, 3.8) is 0 Å². The molecule has 1 aliphatic rings.